The van der Waals surface area contributed by atoms with Crippen molar-refractivity contribution in [3.63, 3.8) is 0 Å². The highest BCUT2D eigenvalue weighted by Crippen LogP contribution is 2.26. The number of nitrogens with zero attached hydrogens (tertiary/aromatic N) is 2. The van der Waals surface area contributed by atoms with E-state index in [0.717, 1.165) is 24.3 Å². The van der Waals surface area contributed by atoms with Gasteiger partial charge in [0.1, 0.15) is 5.75 Å². The molecular formula is C26H29N3O4S. The summed E-state index contributed by atoms with van der Waals surface area (Å²) in [5.74, 6) is 0.391. The van der Waals surface area contributed by atoms with E-state index < -0.39 is 10.0 Å². The molecule has 1 aliphatic heterocycles. The predicted octanol–water partition coefficient (Wildman–Crippen LogP) is 4.37. The van der Waals surface area contributed by atoms with E-state index in [0.29, 0.717) is 23.5 Å². The van der Waals surface area contributed by atoms with Crippen molar-refractivity contribution in [1.29, 1.82) is 0 Å². The lowest BCUT2D eigenvalue weighted by Gasteiger charge is -2.24. The van der Waals surface area contributed by atoms with Gasteiger partial charge in [-0.3, -0.25) is 9.52 Å². The first-order valence-corrected chi connectivity index (χ1v) is 12.7. The maximum absolute atomic E-state index is 13.2. The van der Waals surface area contributed by atoms with Gasteiger partial charge >= 0.3 is 0 Å². The summed E-state index contributed by atoms with van der Waals surface area (Å²) in [7, 11) is -0.578. The van der Waals surface area contributed by atoms with Gasteiger partial charge in [0.05, 0.1) is 12.0 Å². The Hall–Kier alpha value is -3.52. The van der Waals surface area contributed by atoms with Gasteiger partial charge in [0.2, 0.25) is 0 Å². The normalized spacial score (nSPS) is 13.5. The third-order valence-corrected chi connectivity index (χ3v) is 7.31. The molecule has 1 fully saturated rings. The largest absolute Gasteiger partial charge is 0.497 e. The number of methoxy groups -OCH3 is 1. The van der Waals surface area contributed by atoms with Gasteiger partial charge in [-0.05, 0) is 66.9 Å². The predicted molar refractivity (Wildman–Crippen MR) is 134 cm³/mol. The topological polar surface area (TPSA) is 78.9 Å². The molecule has 7 nitrogen and oxygen atoms in total. The van der Waals surface area contributed by atoms with Gasteiger partial charge in [-0.15, -0.1) is 0 Å². The number of amides is 1. The second kappa shape index (κ2) is 10.2. The number of ether oxygens (including phenoxy) is 1. The highest BCUT2D eigenvalue weighted by Gasteiger charge is 2.21. The van der Waals surface area contributed by atoms with E-state index in [2.05, 4.69) is 15.7 Å². The van der Waals surface area contributed by atoms with Crippen molar-refractivity contribution < 1.29 is 17.9 Å². The van der Waals surface area contributed by atoms with Gasteiger partial charge < -0.3 is 14.5 Å². The minimum absolute atomic E-state index is 0.0278. The average molecular weight is 480 g/mol. The van der Waals surface area contributed by atoms with E-state index in [1.54, 1.807) is 55.5 Å². The van der Waals surface area contributed by atoms with Crippen LogP contribution in [0, 0.1) is 0 Å². The molecule has 4 rings (SSSR count). The summed E-state index contributed by atoms with van der Waals surface area (Å²) < 4.78 is 33.5. The third kappa shape index (κ3) is 5.34. The molecule has 1 saturated heterocycles. The van der Waals surface area contributed by atoms with Crippen LogP contribution in [0.1, 0.15) is 28.8 Å². The van der Waals surface area contributed by atoms with Crippen molar-refractivity contribution >= 4 is 27.3 Å². The van der Waals surface area contributed by atoms with Gasteiger partial charge in [-0.2, -0.15) is 0 Å². The molecule has 1 N–H and O–H groups in total. The molecule has 178 valence electrons. The molecule has 8 heteroatoms. The average Bonchev–Trinajstić information content (AvgIpc) is 3.39. The smallest absolute Gasteiger partial charge is 0.261 e. The highest BCUT2D eigenvalue weighted by atomic mass is 32.2. The van der Waals surface area contributed by atoms with E-state index in [-0.39, 0.29) is 10.8 Å². The van der Waals surface area contributed by atoms with Crippen LogP contribution >= 0.6 is 0 Å². The van der Waals surface area contributed by atoms with Crippen molar-refractivity contribution in [2.75, 3.05) is 36.9 Å². The lowest BCUT2D eigenvalue weighted by atomic mass is 10.1. The zero-order chi connectivity index (χ0) is 24.1. The second-order valence-electron chi connectivity index (χ2n) is 8.35. The van der Waals surface area contributed by atoms with Crippen LogP contribution in [0.4, 0.5) is 11.4 Å². The second-order valence-corrected chi connectivity index (χ2v) is 10.0. The Morgan fingerprint density at radius 3 is 2.41 bits per heavy atom. The Balaban J connectivity index is 1.50. The zero-order valence-electron chi connectivity index (χ0n) is 19.4. The fourth-order valence-corrected chi connectivity index (χ4v) is 5.23. The molecule has 3 aromatic carbocycles. The summed E-state index contributed by atoms with van der Waals surface area (Å²) in [6, 6.07) is 20.8. The maximum Gasteiger partial charge on any atom is 0.261 e. The number of hydrogen-bond acceptors (Lipinski definition) is 5. The molecule has 1 aliphatic rings. The number of rotatable bonds is 8. The van der Waals surface area contributed by atoms with Crippen LogP contribution in [0.2, 0.25) is 0 Å². The number of carbonyl (C=O) groups is 1. The van der Waals surface area contributed by atoms with E-state index in [1.807, 2.05) is 18.2 Å². The maximum atomic E-state index is 13.2. The SMILES string of the molecule is COc1ccc(NS(=O)(=O)c2cccc(C(=O)N(C)Cc3ccccc3N3CCCC3)c2)cc1. The summed E-state index contributed by atoms with van der Waals surface area (Å²) in [6.07, 6.45) is 2.35. The Bertz CT molecular complexity index is 1250. The minimum Gasteiger partial charge on any atom is -0.497 e. The van der Waals surface area contributed by atoms with Gasteiger partial charge in [-0.1, -0.05) is 24.3 Å². The van der Waals surface area contributed by atoms with Crippen LogP contribution in [-0.2, 0) is 16.6 Å². The van der Waals surface area contributed by atoms with Gasteiger partial charge in [0, 0.05) is 43.6 Å². The van der Waals surface area contributed by atoms with Gasteiger partial charge in [0.15, 0.2) is 0 Å². The number of carbonyl (C=O) groups excluding carboxylic acids is 1. The van der Waals surface area contributed by atoms with Gasteiger partial charge in [0.25, 0.3) is 15.9 Å². The molecule has 0 aliphatic carbocycles. The van der Waals surface area contributed by atoms with Crippen LogP contribution in [-0.4, -0.2) is 46.5 Å². The molecule has 0 unspecified atom stereocenters. The highest BCUT2D eigenvalue weighted by molar-refractivity contribution is 7.92. The van der Waals surface area contributed by atoms with E-state index in [4.69, 9.17) is 4.74 Å². The number of hydrogen-bond donors (Lipinski definition) is 1. The standard InChI is InChI=1S/C26H29N3O4S/c1-28(19-21-8-3-4-11-25(21)29-16-5-6-17-29)26(30)20-9-7-10-24(18-20)34(31,32)27-22-12-14-23(33-2)15-13-22/h3-4,7-15,18,27H,5-6,16-17,19H2,1-2H3. The molecule has 0 bridgehead atoms. The zero-order valence-corrected chi connectivity index (χ0v) is 20.2. The first-order chi connectivity index (χ1) is 16.4. The monoisotopic (exact) mass is 479 g/mol. The Labute approximate surface area is 201 Å². The lowest BCUT2D eigenvalue weighted by molar-refractivity contribution is 0.0785. The number of sulfonamides is 1. The summed E-state index contributed by atoms with van der Waals surface area (Å²) >= 11 is 0. The van der Waals surface area contributed by atoms with Crippen molar-refractivity contribution in [1.82, 2.24) is 4.90 Å². The lowest BCUT2D eigenvalue weighted by Crippen LogP contribution is -2.28. The molecule has 1 heterocycles. The van der Waals surface area contributed by atoms with Gasteiger partial charge in [-0.25, -0.2) is 8.42 Å². The van der Waals surface area contributed by atoms with Crippen LogP contribution in [0.5, 0.6) is 5.75 Å². The Kier molecular flexibility index (Phi) is 7.07. The van der Waals surface area contributed by atoms with Crippen molar-refractivity contribution in [2.45, 2.75) is 24.3 Å². The fraction of sp³-hybridized carbons (Fsp3) is 0.269. The number of anilines is 2. The molecule has 0 radical (unpaired) electrons. The summed E-state index contributed by atoms with van der Waals surface area (Å²) in [6.45, 7) is 2.48. The number of nitrogens with one attached hydrogen (secondary N) is 1. The first-order valence-electron chi connectivity index (χ1n) is 11.2. The summed E-state index contributed by atoms with van der Waals surface area (Å²) in [5.41, 5.74) is 2.96. The molecule has 0 spiro atoms. The van der Waals surface area contributed by atoms with Crippen molar-refractivity contribution in [2.24, 2.45) is 0 Å². The Morgan fingerprint density at radius 1 is 1.00 bits per heavy atom. The molecule has 1 amide bonds. The molecule has 0 atom stereocenters. The van der Waals surface area contributed by atoms with E-state index in [1.165, 1.54) is 25.0 Å². The van der Waals surface area contributed by atoms with Crippen LogP contribution in [0.25, 0.3) is 0 Å². The van der Waals surface area contributed by atoms with Crippen LogP contribution in [0.3, 0.4) is 0 Å². The Morgan fingerprint density at radius 2 is 1.71 bits per heavy atom. The molecule has 0 saturated carbocycles. The van der Waals surface area contributed by atoms with Crippen LogP contribution in [0.15, 0.2) is 77.7 Å². The fourth-order valence-electron chi connectivity index (χ4n) is 4.13. The molecular weight excluding hydrogens is 450 g/mol. The third-order valence-electron chi connectivity index (χ3n) is 5.93. The quantitative estimate of drug-likeness (QED) is 0.519. The molecule has 34 heavy (non-hydrogen) atoms. The molecule has 0 aromatic heterocycles. The van der Waals surface area contributed by atoms with E-state index in [9.17, 15) is 13.2 Å². The van der Waals surface area contributed by atoms with Crippen molar-refractivity contribution in [3.8, 4) is 5.75 Å². The summed E-state index contributed by atoms with van der Waals surface area (Å²) in [4.78, 5) is 17.2. The minimum atomic E-state index is -3.86. The van der Waals surface area contributed by atoms with E-state index >= 15 is 0 Å². The van der Waals surface area contributed by atoms with Crippen LogP contribution < -0.4 is 14.4 Å². The number of benzene rings is 3. The number of para-hydroxylation sites is 1. The first kappa shape index (κ1) is 23.6. The van der Waals surface area contributed by atoms with Crippen molar-refractivity contribution in [3.05, 3.63) is 83.9 Å². The molecule has 3 aromatic rings. The summed E-state index contributed by atoms with van der Waals surface area (Å²) in [5, 5.41) is 0.